The van der Waals surface area contributed by atoms with Crippen LogP contribution in [0.1, 0.15) is 5.56 Å². The van der Waals surface area contributed by atoms with Gasteiger partial charge in [0, 0.05) is 35.4 Å². The average molecular weight is 411 g/mol. The Bertz CT molecular complexity index is 1340. The highest BCUT2D eigenvalue weighted by Gasteiger charge is 2.25. The zero-order valence-corrected chi connectivity index (χ0v) is 17.0. The van der Waals surface area contributed by atoms with Crippen LogP contribution < -0.4 is 20.5 Å². The van der Waals surface area contributed by atoms with E-state index in [1.54, 1.807) is 18.2 Å². The van der Waals surface area contributed by atoms with Crippen LogP contribution in [0.2, 0.25) is 0 Å². The zero-order chi connectivity index (χ0) is 21.4. The Kier molecular flexibility index (Phi) is 4.67. The van der Waals surface area contributed by atoms with E-state index >= 15 is 0 Å². The van der Waals surface area contributed by atoms with Gasteiger partial charge in [-0.3, -0.25) is 9.69 Å². The number of nitrogens with one attached hydrogen (secondary N) is 2. The molecule has 6 nitrogen and oxygen atoms in total. The van der Waals surface area contributed by atoms with E-state index in [9.17, 15) is 9.59 Å². The lowest BCUT2D eigenvalue weighted by atomic mass is 10.0. The second kappa shape index (κ2) is 7.65. The van der Waals surface area contributed by atoms with Gasteiger partial charge in [0.05, 0.1) is 12.8 Å². The fourth-order valence-corrected chi connectivity index (χ4v) is 4.07. The SMILES string of the molecule is COc1ccc2c(c1)N(C(=O)Nc1ccc(-c3c[nH]c(=O)c4ccccc34)cc1)CC2. The highest BCUT2D eigenvalue weighted by atomic mass is 16.5. The minimum Gasteiger partial charge on any atom is -0.497 e. The van der Waals surface area contributed by atoms with Crippen LogP contribution in [0.15, 0.2) is 77.7 Å². The van der Waals surface area contributed by atoms with E-state index in [1.807, 2.05) is 66.7 Å². The Balaban J connectivity index is 1.38. The summed E-state index contributed by atoms with van der Waals surface area (Å²) in [7, 11) is 1.62. The van der Waals surface area contributed by atoms with Crippen LogP contribution in [-0.2, 0) is 6.42 Å². The molecule has 0 aliphatic carbocycles. The summed E-state index contributed by atoms with van der Waals surface area (Å²) in [6.45, 7) is 0.635. The highest BCUT2D eigenvalue weighted by Crippen LogP contribution is 2.32. The number of amides is 2. The third-order valence-corrected chi connectivity index (χ3v) is 5.69. The summed E-state index contributed by atoms with van der Waals surface area (Å²) < 4.78 is 5.30. The van der Waals surface area contributed by atoms with Gasteiger partial charge in [-0.25, -0.2) is 4.79 Å². The summed E-state index contributed by atoms with van der Waals surface area (Å²) in [5, 5.41) is 4.52. The number of aromatic nitrogens is 1. The average Bonchev–Trinajstić information content (AvgIpc) is 3.23. The first-order chi connectivity index (χ1) is 15.1. The molecule has 0 radical (unpaired) electrons. The molecule has 2 amide bonds. The number of pyridine rings is 1. The minimum atomic E-state index is -0.172. The molecule has 31 heavy (non-hydrogen) atoms. The van der Waals surface area contributed by atoms with E-state index in [1.165, 1.54) is 0 Å². The van der Waals surface area contributed by atoms with Crippen molar-refractivity contribution in [2.24, 2.45) is 0 Å². The van der Waals surface area contributed by atoms with Crippen molar-refractivity contribution in [3.8, 4) is 16.9 Å². The van der Waals surface area contributed by atoms with Gasteiger partial charge in [-0.2, -0.15) is 0 Å². The van der Waals surface area contributed by atoms with Gasteiger partial charge in [-0.1, -0.05) is 36.4 Å². The number of carbonyl (C=O) groups is 1. The Hall–Kier alpha value is -4.06. The molecule has 0 spiro atoms. The number of methoxy groups -OCH3 is 1. The first kappa shape index (κ1) is 18.9. The van der Waals surface area contributed by atoms with E-state index in [2.05, 4.69) is 10.3 Å². The number of anilines is 2. The van der Waals surface area contributed by atoms with Crippen molar-refractivity contribution in [1.82, 2.24) is 4.98 Å². The van der Waals surface area contributed by atoms with Crippen LogP contribution in [0.4, 0.5) is 16.2 Å². The molecule has 0 bridgehead atoms. The quantitative estimate of drug-likeness (QED) is 0.509. The first-order valence-corrected chi connectivity index (χ1v) is 10.1. The number of nitrogens with zero attached hydrogens (tertiary/aromatic N) is 1. The van der Waals surface area contributed by atoms with Crippen molar-refractivity contribution in [2.45, 2.75) is 6.42 Å². The smallest absolute Gasteiger partial charge is 0.326 e. The van der Waals surface area contributed by atoms with Crippen LogP contribution in [0.3, 0.4) is 0 Å². The van der Waals surface area contributed by atoms with Crippen molar-refractivity contribution >= 4 is 28.2 Å². The van der Waals surface area contributed by atoms with Crippen molar-refractivity contribution in [1.29, 1.82) is 0 Å². The molecule has 5 rings (SSSR count). The molecule has 0 atom stereocenters. The number of hydrogen-bond donors (Lipinski definition) is 2. The van der Waals surface area contributed by atoms with Gasteiger partial charge in [0.1, 0.15) is 5.75 Å². The van der Waals surface area contributed by atoms with E-state index < -0.39 is 0 Å². The van der Waals surface area contributed by atoms with Crippen LogP contribution in [0.5, 0.6) is 5.75 Å². The number of fused-ring (bicyclic) bond motifs is 2. The molecule has 1 aliphatic rings. The van der Waals surface area contributed by atoms with Crippen molar-refractivity contribution in [3.05, 3.63) is 88.8 Å². The summed E-state index contributed by atoms with van der Waals surface area (Å²) in [6.07, 6.45) is 2.55. The molecule has 1 aromatic heterocycles. The van der Waals surface area contributed by atoms with Gasteiger partial charge in [-0.05, 0) is 47.2 Å². The van der Waals surface area contributed by atoms with Crippen LogP contribution >= 0.6 is 0 Å². The molecule has 0 unspecified atom stereocenters. The number of hydrogen-bond acceptors (Lipinski definition) is 3. The van der Waals surface area contributed by atoms with E-state index in [-0.39, 0.29) is 11.6 Å². The predicted octanol–water partition coefficient (Wildman–Crippen LogP) is 4.80. The third-order valence-electron chi connectivity index (χ3n) is 5.69. The summed E-state index contributed by atoms with van der Waals surface area (Å²) >= 11 is 0. The van der Waals surface area contributed by atoms with E-state index in [0.717, 1.165) is 39.9 Å². The monoisotopic (exact) mass is 411 g/mol. The lowest BCUT2D eigenvalue weighted by molar-refractivity contribution is 0.257. The van der Waals surface area contributed by atoms with Gasteiger partial charge >= 0.3 is 6.03 Å². The van der Waals surface area contributed by atoms with E-state index in [4.69, 9.17) is 4.74 Å². The maximum Gasteiger partial charge on any atom is 0.326 e. The van der Waals surface area contributed by atoms with Crippen LogP contribution in [-0.4, -0.2) is 24.7 Å². The molecule has 0 saturated carbocycles. The Morgan fingerprint density at radius 3 is 2.58 bits per heavy atom. The molecule has 0 saturated heterocycles. The topological polar surface area (TPSA) is 74.4 Å². The number of urea groups is 1. The number of ether oxygens (including phenoxy) is 1. The molecule has 2 N–H and O–H groups in total. The Morgan fingerprint density at radius 2 is 1.81 bits per heavy atom. The maximum absolute atomic E-state index is 12.9. The molecule has 6 heteroatoms. The second-order valence-electron chi connectivity index (χ2n) is 7.48. The molecule has 4 aromatic rings. The van der Waals surface area contributed by atoms with Crippen LogP contribution in [0, 0.1) is 0 Å². The number of rotatable bonds is 3. The summed E-state index contributed by atoms with van der Waals surface area (Å²) in [5.41, 5.74) is 4.52. The molecular weight excluding hydrogens is 390 g/mol. The minimum absolute atomic E-state index is 0.106. The highest BCUT2D eigenvalue weighted by molar-refractivity contribution is 6.03. The van der Waals surface area contributed by atoms with Crippen molar-refractivity contribution in [2.75, 3.05) is 23.9 Å². The predicted molar refractivity (Wildman–Crippen MR) is 123 cm³/mol. The maximum atomic E-state index is 12.9. The fourth-order valence-electron chi connectivity index (χ4n) is 4.07. The Morgan fingerprint density at radius 1 is 1.03 bits per heavy atom. The van der Waals surface area contributed by atoms with E-state index in [0.29, 0.717) is 17.6 Å². The van der Waals surface area contributed by atoms with Gasteiger partial charge in [0.25, 0.3) is 5.56 Å². The number of benzene rings is 3. The molecule has 154 valence electrons. The second-order valence-corrected chi connectivity index (χ2v) is 7.48. The lowest BCUT2D eigenvalue weighted by Crippen LogP contribution is -2.33. The first-order valence-electron chi connectivity index (χ1n) is 10.1. The molecule has 3 aromatic carbocycles. The fraction of sp³-hybridized carbons (Fsp3) is 0.120. The van der Waals surface area contributed by atoms with Gasteiger partial charge in [-0.15, -0.1) is 0 Å². The van der Waals surface area contributed by atoms with Gasteiger partial charge in [0.2, 0.25) is 0 Å². The Labute approximate surface area is 179 Å². The van der Waals surface area contributed by atoms with Gasteiger partial charge in [0.15, 0.2) is 0 Å². The number of aromatic amines is 1. The molecule has 0 fully saturated rings. The largest absolute Gasteiger partial charge is 0.497 e. The standard InChI is InChI=1S/C25H21N3O3/c1-31-19-11-8-17-12-13-28(23(17)14-19)25(30)27-18-9-6-16(7-10-18)22-15-26-24(29)21-5-3-2-4-20(21)22/h2-11,14-15H,12-13H2,1H3,(H,26,29)(H,27,30). The normalized spacial score (nSPS) is 12.6. The zero-order valence-electron chi connectivity index (χ0n) is 17.0. The number of carbonyl (C=O) groups excluding carboxylic acids is 1. The van der Waals surface area contributed by atoms with Gasteiger partial charge < -0.3 is 15.0 Å². The van der Waals surface area contributed by atoms with Crippen molar-refractivity contribution in [3.63, 3.8) is 0 Å². The molecule has 1 aliphatic heterocycles. The van der Waals surface area contributed by atoms with Crippen molar-refractivity contribution < 1.29 is 9.53 Å². The van der Waals surface area contributed by atoms with Crippen LogP contribution in [0.25, 0.3) is 21.9 Å². The number of H-pyrrole nitrogens is 1. The lowest BCUT2D eigenvalue weighted by Gasteiger charge is -2.19. The third kappa shape index (κ3) is 3.42. The molecule has 2 heterocycles. The summed E-state index contributed by atoms with van der Waals surface area (Å²) in [4.78, 5) is 29.5. The summed E-state index contributed by atoms with van der Waals surface area (Å²) in [6, 6.07) is 20.8. The summed E-state index contributed by atoms with van der Waals surface area (Å²) in [5.74, 6) is 0.732. The molecular formula is C25H21N3O3.